The fraction of sp³-hybridized carbons (Fsp3) is 1.00. The molecule has 0 N–H and O–H groups in total. The van der Waals surface area contributed by atoms with E-state index < -0.39 is 6.51 Å². The molecule has 4 atom stereocenters. The molecule has 0 radical (unpaired) electrons. The first-order valence-electron chi connectivity index (χ1n) is 21.7. The van der Waals surface area contributed by atoms with Crippen LogP contribution in [0.3, 0.4) is 0 Å². The summed E-state index contributed by atoms with van der Waals surface area (Å²) in [5.74, 6) is 0. The molecule has 0 saturated carbocycles. The summed E-state index contributed by atoms with van der Waals surface area (Å²) in [6.45, 7) is 6.22. The molecule has 0 nitrogen and oxygen atoms in total. The van der Waals surface area contributed by atoms with Crippen LogP contribution in [0.2, 0.25) is 38.5 Å². The number of hydrogen-bond donors (Lipinski definition) is 0. The summed E-state index contributed by atoms with van der Waals surface area (Å²) in [5, 5.41) is 0. The summed E-state index contributed by atoms with van der Waals surface area (Å²) in [6.07, 6.45) is 44.0. The van der Waals surface area contributed by atoms with Gasteiger partial charge >= 0.3 is 275 Å². The first kappa shape index (κ1) is 31.1. The van der Waals surface area contributed by atoms with E-state index in [1.165, 1.54) is 124 Å². The van der Waals surface area contributed by atoms with Gasteiger partial charge in [-0.3, -0.25) is 0 Å². The second-order valence-corrected chi connectivity index (χ2v) is 50.1. The Bertz CT molecular complexity index is 1310. The molecule has 10 aliphatic heterocycles. The van der Waals surface area contributed by atoms with Crippen molar-refractivity contribution in [3.8, 4) is 0 Å². The van der Waals surface area contributed by atoms with Gasteiger partial charge in [0.2, 0.25) is 0 Å². The van der Waals surface area contributed by atoms with E-state index in [1.54, 1.807) is 102 Å². The summed E-state index contributed by atoms with van der Waals surface area (Å²) in [4.78, 5) is 12.3. The third-order valence-corrected chi connectivity index (χ3v) is 80.9. The molecule has 0 amide bonds. The molecule has 0 aromatic rings. The molecule has 10 rings (SSSR count). The van der Waals surface area contributed by atoms with E-state index in [0.717, 1.165) is 0 Å². The van der Waals surface area contributed by atoms with Crippen molar-refractivity contribution in [2.45, 2.75) is 228 Å². The Morgan fingerprint density at radius 2 is 0.578 bits per heavy atom. The van der Waals surface area contributed by atoms with Crippen molar-refractivity contribution in [2.75, 3.05) is 24.6 Å². The van der Waals surface area contributed by atoms with Crippen LogP contribution in [-0.4, -0.2) is 32.8 Å². The van der Waals surface area contributed by atoms with Crippen LogP contribution >= 0.6 is 15.8 Å². The Morgan fingerprint density at radius 3 is 0.800 bits per heavy atom. The van der Waals surface area contributed by atoms with Crippen molar-refractivity contribution < 1.29 is 6.51 Å². The van der Waals surface area contributed by atoms with Crippen LogP contribution in [0.5, 0.6) is 0 Å². The standard InChI is InChI=1S/C37H71P2.C5H5.Fe/c1-5-9-13-17-21-25-32-38(33-26-22-18-14-10-6-2)36-30-29-31-37(36)39(34-27-23-19-15-11-7-3)35-28-24-20-16-12-8-4;1-2-4-5-3-1;/h29-31H,5-28,32-35H2,1-4H3;1-5H;. The maximum absolute atomic E-state index is 3.38. The van der Waals surface area contributed by atoms with Crippen molar-refractivity contribution in [1.29, 1.82) is 0 Å². The Hall–Kier alpha value is 1.38. The fourth-order valence-corrected chi connectivity index (χ4v) is 134. The zero-order valence-electron chi connectivity index (χ0n) is 30.7. The molecule has 45 heavy (non-hydrogen) atoms. The van der Waals surface area contributed by atoms with Crippen molar-refractivity contribution in [1.82, 2.24) is 0 Å². The first-order valence-corrected chi connectivity index (χ1v) is 31.3. The average molecular weight is 699 g/mol. The van der Waals surface area contributed by atoms with Crippen LogP contribution in [0.1, 0.15) is 182 Å². The summed E-state index contributed by atoms with van der Waals surface area (Å²) >= 11 is 0. The molecule has 262 valence electrons. The number of unbranched alkanes of at least 4 members (excludes halogenated alkanes) is 20. The van der Waals surface area contributed by atoms with Crippen molar-refractivity contribution >= 4 is 15.8 Å². The zero-order chi connectivity index (χ0) is 30.9. The molecule has 3 heteroatoms. The Balaban J connectivity index is 0.919. The van der Waals surface area contributed by atoms with Crippen molar-refractivity contribution in [3.05, 3.63) is 0 Å². The van der Waals surface area contributed by atoms with Gasteiger partial charge in [-0.25, -0.2) is 0 Å². The summed E-state index contributed by atoms with van der Waals surface area (Å²) in [6, 6.07) is 0. The topological polar surface area (TPSA) is 0 Å². The number of fused-ring (bicyclic) bond motifs is 10. The summed E-state index contributed by atoms with van der Waals surface area (Å²) < 4.78 is 2.40. The molecule has 0 aromatic carbocycles. The molecule has 10 saturated heterocycles. The Labute approximate surface area is 274 Å². The van der Waals surface area contributed by atoms with Gasteiger partial charge in [-0.1, -0.05) is 0 Å². The Kier molecular flexibility index (Phi) is 4.57. The molecular formula is C42H76FeP2. The van der Waals surface area contributed by atoms with Crippen molar-refractivity contribution in [3.63, 3.8) is 0 Å². The number of hydrogen-bond acceptors (Lipinski definition) is 0. The molecule has 0 aromatic heterocycles. The van der Waals surface area contributed by atoms with E-state index in [2.05, 4.69) is 27.7 Å². The molecule has 10 aliphatic rings. The monoisotopic (exact) mass is 698 g/mol. The van der Waals surface area contributed by atoms with Gasteiger partial charge in [-0.15, -0.1) is 0 Å². The maximum atomic E-state index is 2.40. The summed E-state index contributed by atoms with van der Waals surface area (Å²) in [5.41, 5.74) is 0. The van der Waals surface area contributed by atoms with E-state index in [1.807, 2.05) is 0 Å². The average Bonchev–Trinajstić information content (AvgIpc) is 4.00. The van der Waals surface area contributed by atoms with E-state index in [0.29, 0.717) is 15.8 Å². The van der Waals surface area contributed by atoms with Crippen LogP contribution in [0.25, 0.3) is 0 Å². The van der Waals surface area contributed by atoms with Gasteiger partial charge in [0.1, 0.15) is 0 Å². The molecule has 0 bridgehead atoms. The second-order valence-electron chi connectivity index (χ2n) is 20.7. The van der Waals surface area contributed by atoms with Crippen molar-refractivity contribution in [2.24, 2.45) is 0 Å². The van der Waals surface area contributed by atoms with Gasteiger partial charge in [0.15, 0.2) is 0 Å². The van der Waals surface area contributed by atoms with E-state index >= 15 is 0 Å². The number of rotatable bonds is 30. The quantitative estimate of drug-likeness (QED) is 0.0398. The fourth-order valence-electron chi connectivity index (χ4n) is 23.3. The predicted molar refractivity (Wildman–Crippen MR) is 202 cm³/mol. The van der Waals surface area contributed by atoms with Crippen LogP contribution in [0.4, 0.5) is 0 Å². The van der Waals surface area contributed by atoms with Gasteiger partial charge in [0.05, 0.1) is 0 Å². The minimum atomic E-state index is -3.38. The minimum absolute atomic E-state index is 0.355. The van der Waals surface area contributed by atoms with Gasteiger partial charge < -0.3 is 0 Å². The van der Waals surface area contributed by atoms with Crippen LogP contribution in [0.15, 0.2) is 0 Å². The Morgan fingerprint density at radius 1 is 0.333 bits per heavy atom. The predicted octanol–water partition coefficient (Wildman–Crippen LogP) is 15.6. The van der Waals surface area contributed by atoms with Crippen LogP contribution in [-0.2, 0) is 6.51 Å². The van der Waals surface area contributed by atoms with Crippen LogP contribution in [0, 0.1) is 0 Å². The SMILES string of the molecule is CCCCCCCCP(CCCCCCCC)[C]12[CH]3[CH]4[CH]5[C]1(P(CCCCCCCC)CCCCCCCC)[Fe]43521678[CH]2[CH]1[CH]6[CH]7[CH]28. The normalized spacial score (nSPS) is 54.4. The molecule has 10 fully saturated rings. The van der Waals surface area contributed by atoms with E-state index in [4.69, 9.17) is 0 Å². The molecule has 1 spiro atoms. The zero-order valence-corrected chi connectivity index (χ0v) is 33.6. The van der Waals surface area contributed by atoms with Gasteiger partial charge in [0.25, 0.3) is 0 Å². The molecule has 0 aliphatic carbocycles. The van der Waals surface area contributed by atoms with Gasteiger partial charge in [-0.2, -0.15) is 0 Å². The first-order chi connectivity index (χ1) is 22.0. The third-order valence-electron chi connectivity index (χ3n) is 22.7. The van der Waals surface area contributed by atoms with Gasteiger partial charge in [0, 0.05) is 0 Å². The third kappa shape index (κ3) is 1.15. The molecule has 4 unspecified atom stereocenters. The summed E-state index contributed by atoms with van der Waals surface area (Å²) in [7, 11) is 0.710. The molecule has 10 heterocycles. The second kappa shape index (κ2) is 6.60. The van der Waals surface area contributed by atoms with Crippen LogP contribution < -0.4 is 0 Å². The molecular weight excluding hydrogens is 622 g/mol. The van der Waals surface area contributed by atoms with E-state index in [9.17, 15) is 0 Å². The van der Waals surface area contributed by atoms with Gasteiger partial charge in [-0.05, 0) is 0 Å². The van der Waals surface area contributed by atoms with E-state index in [-0.39, 0.29) is 0 Å².